The Bertz CT molecular complexity index is 214. The van der Waals surface area contributed by atoms with Crippen molar-refractivity contribution in [1.29, 1.82) is 0 Å². The van der Waals surface area contributed by atoms with Crippen molar-refractivity contribution < 1.29 is 8.78 Å². The predicted molar refractivity (Wildman–Crippen MR) is 56.4 cm³/mol. The lowest BCUT2D eigenvalue weighted by atomic mass is 9.74. The van der Waals surface area contributed by atoms with Crippen molar-refractivity contribution in [3.8, 4) is 0 Å². The molecule has 0 aromatic heterocycles. The van der Waals surface area contributed by atoms with Crippen molar-refractivity contribution >= 4 is 23.2 Å². The molecule has 0 bridgehead atoms. The van der Waals surface area contributed by atoms with Crippen LogP contribution in [0.15, 0.2) is 0 Å². The smallest absolute Gasteiger partial charge is 0.233 e. The van der Waals surface area contributed by atoms with Crippen LogP contribution < -0.4 is 0 Å². The highest BCUT2D eigenvalue weighted by Gasteiger charge is 2.58. The van der Waals surface area contributed by atoms with E-state index < -0.39 is 16.2 Å². The van der Waals surface area contributed by atoms with Crippen LogP contribution in [0.5, 0.6) is 0 Å². The second-order valence-corrected chi connectivity index (χ2v) is 6.05. The lowest BCUT2D eigenvalue weighted by Gasteiger charge is -2.45. The van der Waals surface area contributed by atoms with Crippen molar-refractivity contribution in [3.05, 3.63) is 0 Å². The molecule has 0 spiro atoms. The monoisotopic (exact) mass is 244 g/mol. The first kappa shape index (κ1) is 12.5. The van der Waals surface area contributed by atoms with Gasteiger partial charge < -0.3 is 0 Å². The molecule has 1 rings (SSSR count). The zero-order valence-corrected chi connectivity index (χ0v) is 10.2. The van der Waals surface area contributed by atoms with Crippen molar-refractivity contribution in [3.63, 3.8) is 0 Å². The summed E-state index contributed by atoms with van der Waals surface area (Å²) in [7, 11) is 0. The molecule has 4 atom stereocenters. The van der Waals surface area contributed by atoms with Gasteiger partial charge >= 0.3 is 0 Å². The van der Waals surface area contributed by atoms with E-state index in [1.807, 2.05) is 13.8 Å². The van der Waals surface area contributed by atoms with Gasteiger partial charge in [0.25, 0.3) is 0 Å². The zero-order valence-electron chi connectivity index (χ0n) is 8.66. The summed E-state index contributed by atoms with van der Waals surface area (Å²) in [4.78, 5) is -1.29. The molecule has 1 aliphatic carbocycles. The zero-order chi connectivity index (χ0) is 11.1. The highest BCUT2D eigenvalue weighted by molar-refractivity contribution is 6.34. The molecule has 0 nitrogen and oxygen atoms in total. The summed E-state index contributed by atoms with van der Waals surface area (Å²) in [5.74, 6) is -0.240. The van der Waals surface area contributed by atoms with Gasteiger partial charge in [0.2, 0.25) is 5.13 Å². The number of alkyl halides is 4. The lowest BCUT2D eigenvalue weighted by molar-refractivity contribution is -0.00613. The first-order valence-corrected chi connectivity index (χ1v) is 5.66. The van der Waals surface area contributed by atoms with Gasteiger partial charge in [0.15, 0.2) is 6.17 Å². The van der Waals surface area contributed by atoms with Crippen LogP contribution >= 0.6 is 23.2 Å². The Morgan fingerprint density at radius 3 is 2.29 bits per heavy atom. The Morgan fingerprint density at radius 2 is 1.86 bits per heavy atom. The molecule has 0 aromatic carbocycles. The third kappa shape index (κ3) is 1.88. The minimum absolute atomic E-state index is 0.0895. The summed E-state index contributed by atoms with van der Waals surface area (Å²) in [6, 6.07) is 0. The molecule has 0 radical (unpaired) electrons. The first-order chi connectivity index (χ1) is 6.20. The fourth-order valence-corrected chi connectivity index (χ4v) is 2.45. The maximum Gasteiger partial charge on any atom is 0.233 e. The fraction of sp³-hybridized carbons (Fsp3) is 1.00. The van der Waals surface area contributed by atoms with Gasteiger partial charge in [0.05, 0.1) is 4.87 Å². The van der Waals surface area contributed by atoms with Crippen molar-refractivity contribution in [2.24, 2.45) is 11.8 Å². The first-order valence-electron chi connectivity index (χ1n) is 4.91. The SMILES string of the molecule is CC(C)C1CCC(C)(Cl)C(F)(Cl)C1F. The van der Waals surface area contributed by atoms with E-state index in [2.05, 4.69) is 0 Å². The van der Waals surface area contributed by atoms with E-state index in [0.29, 0.717) is 12.8 Å². The van der Waals surface area contributed by atoms with E-state index in [9.17, 15) is 8.78 Å². The van der Waals surface area contributed by atoms with Gasteiger partial charge in [-0.1, -0.05) is 25.4 Å². The summed E-state index contributed by atoms with van der Waals surface area (Å²) in [6.45, 7) is 5.22. The van der Waals surface area contributed by atoms with E-state index in [-0.39, 0.29) is 11.8 Å². The molecule has 1 aliphatic rings. The number of hydrogen-bond donors (Lipinski definition) is 0. The van der Waals surface area contributed by atoms with Gasteiger partial charge in [-0.15, -0.1) is 11.6 Å². The molecule has 0 heterocycles. The average Bonchev–Trinajstić information content (AvgIpc) is 2.00. The maximum atomic E-state index is 13.9. The van der Waals surface area contributed by atoms with Crippen LogP contribution in [0.25, 0.3) is 0 Å². The molecule has 4 unspecified atom stereocenters. The largest absolute Gasteiger partial charge is 0.242 e. The summed E-state index contributed by atoms with van der Waals surface area (Å²) < 4.78 is 27.7. The van der Waals surface area contributed by atoms with Crippen LogP contribution in [-0.2, 0) is 0 Å². The maximum absolute atomic E-state index is 13.9. The lowest BCUT2D eigenvalue weighted by Crippen LogP contribution is -2.54. The molecule has 4 heteroatoms. The van der Waals surface area contributed by atoms with Gasteiger partial charge in [0.1, 0.15) is 0 Å². The Kier molecular flexibility index (Phi) is 3.38. The predicted octanol–water partition coefficient (Wildman–Crippen LogP) is 4.29. The standard InChI is InChI=1S/C10H16Cl2F2/c1-6(2)7-4-5-9(3,11)10(12,14)8(7)13/h6-8H,4-5H2,1-3H3. The van der Waals surface area contributed by atoms with Crippen LogP contribution in [0.1, 0.15) is 33.6 Å². The van der Waals surface area contributed by atoms with Crippen LogP contribution in [0.3, 0.4) is 0 Å². The van der Waals surface area contributed by atoms with Gasteiger partial charge in [-0.05, 0) is 31.6 Å². The molecule has 84 valence electrons. The molecule has 0 aliphatic heterocycles. The molecule has 0 aromatic rings. The molecule has 1 saturated carbocycles. The van der Waals surface area contributed by atoms with E-state index in [4.69, 9.17) is 23.2 Å². The molecular weight excluding hydrogens is 229 g/mol. The summed E-state index contributed by atoms with van der Waals surface area (Å²) in [5, 5.41) is -2.44. The van der Waals surface area contributed by atoms with Gasteiger partial charge in [-0.2, -0.15) is 0 Å². The van der Waals surface area contributed by atoms with Crippen LogP contribution in [0.2, 0.25) is 0 Å². The molecule has 0 amide bonds. The van der Waals surface area contributed by atoms with Crippen LogP contribution in [0.4, 0.5) is 8.78 Å². The fourth-order valence-electron chi connectivity index (χ4n) is 1.98. The Labute approximate surface area is 94.0 Å². The number of halogens is 4. The van der Waals surface area contributed by atoms with E-state index in [1.54, 1.807) is 0 Å². The Morgan fingerprint density at radius 1 is 1.36 bits per heavy atom. The highest BCUT2D eigenvalue weighted by atomic mass is 35.5. The summed E-state index contributed by atoms with van der Waals surface area (Å²) >= 11 is 11.5. The molecule has 0 saturated heterocycles. The van der Waals surface area contributed by atoms with E-state index >= 15 is 0 Å². The third-order valence-electron chi connectivity index (χ3n) is 3.22. The molecule has 1 fully saturated rings. The van der Waals surface area contributed by atoms with Crippen molar-refractivity contribution in [1.82, 2.24) is 0 Å². The quantitative estimate of drug-likeness (QED) is 0.604. The van der Waals surface area contributed by atoms with E-state index in [0.717, 1.165) is 0 Å². The third-order valence-corrected chi connectivity index (χ3v) is 4.41. The molecule has 14 heavy (non-hydrogen) atoms. The molecular formula is C10H16Cl2F2. The van der Waals surface area contributed by atoms with Crippen molar-refractivity contribution in [2.45, 2.75) is 49.8 Å². The normalized spacial score (nSPS) is 49.7. The van der Waals surface area contributed by atoms with E-state index in [1.165, 1.54) is 6.92 Å². The molecule has 0 N–H and O–H groups in total. The summed E-state index contributed by atoms with van der Waals surface area (Å²) in [6.07, 6.45) is -0.671. The number of hydrogen-bond acceptors (Lipinski definition) is 0. The Balaban J connectivity index is 2.89. The topological polar surface area (TPSA) is 0 Å². The Hall–Kier alpha value is 0.440. The van der Waals surface area contributed by atoms with Crippen LogP contribution in [0, 0.1) is 11.8 Å². The van der Waals surface area contributed by atoms with Gasteiger partial charge in [-0.3, -0.25) is 0 Å². The second kappa shape index (κ2) is 3.79. The van der Waals surface area contributed by atoms with Crippen molar-refractivity contribution in [2.75, 3.05) is 0 Å². The minimum Gasteiger partial charge on any atom is -0.242 e. The van der Waals surface area contributed by atoms with Gasteiger partial charge in [0, 0.05) is 0 Å². The minimum atomic E-state index is -2.44. The van der Waals surface area contributed by atoms with Crippen LogP contribution in [-0.4, -0.2) is 16.2 Å². The van der Waals surface area contributed by atoms with Gasteiger partial charge in [-0.25, -0.2) is 8.78 Å². The highest BCUT2D eigenvalue weighted by Crippen LogP contribution is 2.52. The average molecular weight is 245 g/mol. The number of rotatable bonds is 1. The second-order valence-electron chi connectivity index (χ2n) is 4.67. The summed E-state index contributed by atoms with van der Waals surface area (Å²) in [5.41, 5.74) is 0.